The van der Waals surface area contributed by atoms with Crippen LogP contribution in [0.2, 0.25) is 0 Å². The molecule has 3 fully saturated rings. The van der Waals surface area contributed by atoms with Crippen molar-refractivity contribution in [3.8, 4) is 0 Å². The van der Waals surface area contributed by atoms with Crippen LogP contribution in [0.5, 0.6) is 0 Å². The topological polar surface area (TPSA) is 57.6 Å². The van der Waals surface area contributed by atoms with Crippen LogP contribution in [0.3, 0.4) is 0 Å². The highest BCUT2D eigenvalue weighted by atomic mass is 16.2. The maximum atomic E-state index is 12.9. The fourth-order valence-corrected chi connectivity index (χ4v) is 6.42. The van der Waals surface area contributed by atoms with Crippen LogP contribution in [0.4, 0.5) is 5.69 Å². The largest absolute Gasteiger partial charge is 0.324 e. The van der Waals surface area contributed by atoms with E-state index < -0.39 is 0 Å². The highest BCUT2D eigenvalue weighted by Gasteiger charge is 2.39. The molecule has 0 unspecified atom stereocenters. The Morgan fingerprint density at radius 1 is 1.00 bits per heavy atom. The van der Waals surface area contributed by atoms with Crippen LogP contribution in [-0.2, 0) is 11.3 Å². The van der Waals surface area contributed by atoms with Gasteiger partial charge in [-0.3, -0.25) is 14.5 Å². The summed E-state index contributed by atoms with van der Waals surface area (Å²) < 4.78 is 1.97. The lowest BCUT2D eigenvalue weighted by atomic mass is 9.81. The summed E-state index contributed by atoms with van der Waals surface area (Å²) in [6, 6.07) is 4.17. The van der Waals surface area contributed by atoms with E-state index in [0.29, 0.717) is 17.9 Å². The smallest absolute Gasteiger partial charge is 0.250 e. The number of hydrogen-bond donors (Lipinski definition) is 1. The number of rotatable bonds is 3. The number of nitrogens with zero attached hydrogens (tertiary/aromatic N) is 3. The van der Waals surface area contributed by atoms with Crippen molar-refractivity contribution in [1.82, 2.24) is 14.4 Å². The molecule has 4 heterocycles. The molecule has 0 spiro atoms. The number of fused-ring (bicyclic) bond motifs is 4. The van der Waals surface area contributed by atoms with Crippen LogP contribution in [0.1, 0.15) is 63.0 Å². The molecule has 4 aliphatic rings. The second kappa shape index (κ2) is 8.46. The maximum Gasteiger partial charge on any atom is 0.250 e. The van der Waals surface area contributed by atoms with Gasteiger partial charge >= 0.3 is 0 Å². The van der Waals surface area contributed by atoms with Crippen LogP contribution < -0.4 is 10.9 Å². The number of piperidine rings is 2. The van der Waals surface area contributed by atoms with E-state index >= 15 is 0 Å². The minimum atomic E-state index is 0.0862. The van der Waals surface area contributed by atoms with Gasteiger partial charge in [-0.15, -0.1) is 0 Å². The second-order valence-electron chi connectivity index (χ2n) is 10.2. The third kappa shape index (κ3) is 3.96. The van der Waals surface area contributed by atoms with Crippen molar-refractivity contribution in [1.29, 1.82) is 0 Å². The zero-order valence-electron chi connectivity index (χ0n) is 18.3. The molecular formula is C24H36N4O2. The summed E-state index contributed by atoms with van der Waals surface area (Å²) in [4.78, 5) is 30.7. The van der Waals surface area contributed by atoms with E-state index in [2.05, 4.69) is 22.2 Å². The molecule has 0 aromatic carbocycles. The van der Waals surface area contributed by atoms with E-state index in [1.807, 2.05) is 10.6 Å². The lowest BCUT2D eigenvalue weighted by Gasteiger charge is -2.47. The van der Waals surface area contributed by atoms with Gasteiger partial charge in [0.1, 0.15) is 0 Å². The highest BCUT2D eigenvalue weighted by molar-refractivity contribution is 5.93. The fraction of sp³-hybridized carbons (Fsp3) is 0.750. The molecule has 6 nitrogen and oxygen atoms in total. The number of likely N-dealkylation sites (tertiary alicyclic amines) is 2. The van der Waals surface area contributed by atoms with Gasteiger partial charge in [0, 0.05) is 49.3 Å². The molecule has 0 radical (unpaired) electrons. The second-order valence-corrected chi connectivity index (χ2v) is 10.2. The average Bonchev–Trinajstić information content (AvgIpc) is 2.76. The van der Waals surface area contributed by atoms with Crippen molar-refractivity contribution in [3.05, 3.63) is 28.2 Å². The van der Waals surface area contributed by atoms with E-state index in [0.717, 1.165) is 63.1 Å². The summed E-state index contributed by atoms with van der Waals surface area (Å²) in [7, 11) is 2.21. The highest BCUT2D eigenvalue weighted by Crippen LogP contribution is 2.40. The molecule has 1 aromatic heterocycles. The van der Waals surface area contributed by atoms with Gasteiger partial charge in [0.15, 0.2) is 0 Å². The number of amides is 1. The summed E-state index contributed by atoms with van der Waals surface area (Å²) in [5.74, 6) is 1.16. The molecule has 2 bridgehead atoms. The van der Waals surface area contributed by atoms with Gasteiger partial charge in [-0.1, -0.05) is 19.3 Å². The van der Waals surface area contributed by atoms with Crippen molar-refractivity contribution in [2.45, 2.75) is 69.9 Å². The standard InChI is InChI=1S/C24H36N4O2/c1-26-11-9-20(10-12-26)27-14-17-13-19(16-27)23-21(7-8-22(29)28(23)15-17)25-24(30)18-5-3-2-4-6-18/h7-8,17-20H,2-6,9-16H2,1H3,(H,25,30)/t17-,19-/m1/s1. The lowest BCUT2D eigenvalue weighted by molar-refractivity contribution is -0.120. The number of carbonyl (C=O) groups excluding carboxylic acids is 1. The van der Waals surface area contributed by atoms with Gasteiger partial charge in [0.25, 0.3) is 5.56 Å². The molecule has 3 aliphatic heterocycles. The number of hydrogen-bond acceptors (Lipinski definition) is 4. The Labute approximate surface area is 179 Å². The third-order valence-corrected chi connectivity index (χ3v) is 8.06. The maximum absolute atomic E-state index is 12.9. The fourth-order valence-electron chi connectivity index (χ4n) is 6.42. The first-order valence-electron chi connectivity index (χ1n) is 12.1. The Balaban J connectivity index is 1.38. The predicted molar refractivity (Wildman–Crippen MR) is 119 cm³/mol. The molecule has 30 heavy (non-hydrogen) atoms. The van der Waals surface area contributed by atoms with E-state index in [1.165, 1.54) is 32.4 Å². The van der Waals surface area contributed by atoms with Crippen LogP contribution in [-0.4, -0.2) is 59.5 Å². The van der Waals surface area contributed by atoms with E-state index in [-0.39, 0.29) is 17.4 Å². The van der Waals surface area contributed by atoms with E-state index in [9.17, 15) is 9.59 Å². The quantitative estimate of drug-likeness (QED) is 0.829. The zero-order chi connectivity index (χ0) is 20.7. The molecule has 1 saturated carbocycles. The van der Waals surface area contributed by atoms with E-state index in [1.54, 1.807) is 6.07 Å². The summed E-state index contributed by atoms with van der Waals surface area (Å²) in [5.41, 5.74) is 2.06. The first kappa shape index (κ1) is 20.3. The Morgan fingerprint density at radius 3 is 2.53 bits per heavy atom. The first-order valence-corrected chi connectivity index (χ1v) is 12.1. The molecule has 2 atom stereocenters. The van der Waals surface area contributed by atoms with Gasteiger partial charge in [-0.05, 0) is 64.2 Å². The minimum Gasteiger partial charge on any atom is -0.324 e. The van der Waals surface area contributed by atoms with Crippen molar-refractivity contribution < 1.29 is 4.79 Å². The third-order valence-electron chi connectivity index (χ3n) is 8.06. The molecule has 1 amide bonds. The average molecular weight is 413 g/mol. The van der Waals surface area contributed by atoms with Gasteiger partial charge in [0.05, 0.1) is 5.69 Å². The van der Waals surface area contributed by atoms with Crippen LogP contribution in [0, 0.1) is 11.8 Å². The summed E-state index contributed by atoms with van der Waals surface area (Å²) >= 11 is 0. The van der Waals surface area contributed by atoms with Crippen LogP contribution >= 0.6 is 0 Å². The van der Waals surface area contributed by atoms with Crippen LogP contribution in [0.15, 0.2) is 16.9 Å². The Morgan fingerprint density at radius 2 is 1.77 bits per heavy atom. The van der Waals surface area contributed by atoms with Crippen molar-refractivity contribution >= 4 is 11.6 Å². The molecule has 164 valence electrons. The zero-order valence-corrected chi connectivity index (χ0v) is 18.3. The van der Waals surface area contributed by atoms with Crippen molar-refractivity contribution in [2.75, 3.05) is 38.5 Å². The SMILES string of the molecule is CN1CCC(N2C[C@H]3C[C@H](C2)c2c(NC(=O)C4CCCCC4)ccc(=O)n2C3)CC1. The van der Waals surface area contributed by atoms with Gasteiger partial charge in [-0.25, -0.2) is 0 Å². The van der Waals surface area contributed by atoms with E-state index in [4.69, 9.17) is 0 Å². The van der Waals surface area contributed by atoms with Gasteiger partial charge in [0.2, 0.25) is 5.91 Å². The minimum absolute atomic E-state index is 0.0862. The number of nitrogens with one attached hydrogen (secondary N) is 1. The number of pyridine rings is 1. The molecule has 1 N–H and O–H groups in total. The summed E-state index contributed by atoms with van der Waals surface area (Å²) in [6.45, 7) is 5.27. The molecular weight excluding hydrogens is 376 g/mol. The predicted octanol–water partition coefficient (Wildman–Crippen LogP) is 2.88. The molecule has 1 aliphatic carbocycles. The van der Waals surface area contributed by atoms with Gasteiger partial charge in [-0.2, -0.15) is 0 Å². The van der Waals surface area contributed by atoms with Gasteiger partial charge < -0.3 is 14.8 Å². The summed E-state index contributed by atoms with van der Waals surface area (Å²) in [5, 5.41) is 3.25. The van der Waals surface area contributed by atoms with Crippen LogP contribution in [0.25, 0.3) is 0 Å². The summed E-state index contributed by atoms with van der Waals surface area (Å²) in [6.07, 6.45) is 9.16. The molecule has 5 rings (SSSR count). The number of carbonyl (C=O) groups is 1. The molecule has 6 heteroatoms. The normalized spacial score (nSPS) is 28.8. The Bertz CT molecular complexity index is 836. The molecule has 1 aromatic rings. The first-order chi connectivity index (χ1) is 14.6. The monoisotopic (exact) mass is 412 g/mol. The van der Waals surface area contributed by atoms with Crippen molar-refractivity contribution in [2.24, 2.45) is 11.8 Å². The Hall–Kier alpha value is -1.66. The Kier molecular flexibility index (Phi) is 5.71. The number of aromatic nitrogens is 1. The molecule has 2 saturated heterocycles. The number of anilines is 1. The van der Waals surface area contributed by atoms with Crippen molar-refractivity contribution in [3.63, 3.8) is 0 Å². The lowest BCUT2D eigenvalue weighted by Crippen LogP contribution is -2.53.